The first-order chi connectivity index (χ1) is 10.3. The quantitative estimate of drug-likeness (QED) is 0.681. The second kappa shape index (κ2) is 6.06. The first-order valence-corrected chi connectivity index (χ1v) is 7.73. The van der Waals surface area contributed by atoms with Crippen LogP contribution in [0.15, 0.2) is 47.8 Å². The van der Waals surface area contributed by atoms with Gasteiger partial charge in [0.2, 0.25) is 0 Å². The third kappa shape index (κ3) is 3.11. The molecule has 0 saturated heterocycles. The lowest BCUT2D eigenvalue weighted by Crippen LogP contribution is -2.07. The van der Waals surface area contributed by atoms with E-state index in [1.807, 2.05) is 17.5 Å². The molecule has 0 unspecified atom stereocenters. The molecule has 0 spiro atoms. The maximum absolute atomic E-state index is 11.5. The molecule has 0 N–H and O–H groups in total. The lowest BCUT2D eigenvalue weighted by Gasteiger charge is -2.01. The van der Waals surface area contributed by atoms with E-state index in [1.165, 1.54) is 22.1 Å². The molecule has 0 bridgehead atoms. The van der Waals surface area contributed by atoms with Crippen LogP contribution in [-0.2, 0) is 16.0 Å². The largest absolute Gasteiger partial charge is 0.466 e. The highest BCUT2D eigenvalue weighted by Crippen LogP contribution is 2.26. The molecule has 0 saturated carbocycles. The van der Waals surface area contributed by atoms with E-state index in [1.54, 1.807) is 6.92 Å². The Kier molecular flexibility index (Phi) is 3.97. The molecule has 21 heavy (non-hydrogen) atoms. The minimum Gasteiger partial charge on any atom is -0.466 e. The Balaban J connectivity index is 1.85. The minimum absolute atomic E-state index is 0.225. The standard InChI is InChI=1S/C17H15NO2S/c1-2-20-17(19)10-16-18-15(11-21-16)14-8-7-12-5-3-4-6-13(12)9-14/h3-9,11H,2,10H2,1H3. The number of rotatable bonds is 4. The maximum atomic E-state index is 11.5. The zero-order valence-electron chi connectivity index (χ0n) is 11.7. The van der Waals surface area contributed by atoms with Crippen LogP contribution in [0, 0.1) is 0 Å². The number of aromatic nitrogens is 1. The summed E-state index contributed by atoms with van der Waals surface area (Å²) in [6.07, 6.45) is 0.242. The zero-order valence-corrected chi connectivity index (χ0v) is 12.5. The Hall–Kier alpha value is -2.20. The SMILES string of the molecule is CCOC(=O)Cc1nc(-c2ccc3ccccc3c2)cs1. The van der Waals surface area contributed by atoms with Crippen molar-refractivity contribution in [2.45, 2.75) is 13.3 Å². The number of carbonyl (C=O) groups is 1. The maximum Gasteiger partial charge on any atom is 0.312 e. The summed E-state index contributed by atoms with van der Waals surface area (Å²) in [6, 6.07) is 14.5. The van der Waals surface area contributed by atoms with E-state index in [-0.39, 0.29) is 12.4 Å². The van der Waals surface area contributed by atoms with Crippen LogP contribution in [0.3, 0.4) is 0 Å². The molecule has 1 aromatic heterocycles. The van der Waals surface area contributed by atoms with Crippen LogP contribution in [0.4, 0.5) is 0 Å². The number of hydrogen-bond donors (Lipinski definition) is 0. The van der Waals surface area contributed by atoms with Gasteiger partial charge in [0.25, 0.3) is 0 Å². The van der Waals surface area contributed by atoms with Gasteiger partial charge in [-0.1, -0.05) is 36.4 Å². The van der Waals surface area contributed by atoms with Crippen LogP contribution in [0.25, 0.3) is 22.0 Å². The van der Waals surface area contributed by atoms with Crippen molar-refractivity contribution in [3.63, 3.8) is 0 Å². The molecule has 0 aliphatic heterocycles. The molecule has 0 aliphatic rings. The Morgan fingerprint density at radius 3 is 2.81 bits per heavy atom. The molecule has 0 aliphatic carbocycles. The Labute approximate surface area is 127 Å². The second-order valence-corrected chi connectivity index (χ2v) is 5.61. The molecule has 106 valence electrons. The van der Waals surface area contributed by atoms with Gasteiger partial charge < -0.3 is 4.74 Å². The topological polar surface area (TPSA) is 39.2 Å². The summed E-state index contributed by atoms with van der Waals surface area (Å²) in [7, 11) is 0. The smallest absolute Gasteiger partial charge is 0.312 e. The number of carbonyl (C=O) groups excluding carboxylic acids is 1. The lowest BCUT2D eigenvalue weighted by atomic mass is 10.1. The second-order valence-electron chi connectivity index (χ2n) is 4.67. The average Bonchev–Trinajstić information content (AvgIpc) is 2.95. The molecule has 0 amide bonds. The van der Waals surface area contributed by atoms with Crippen molar-refractivity contribution in [1.29, 1.82) is 0 Å². The van der Waals surface area contributed by atoms with Crippen molar-refractivity contribution < 1.29 is 9.53 Å². The molecule has 3 aromatic rings. The molecule has 0 atom stereocenters. The van der Waals surface area contributed by atoms with E-state index in [2.05, 4.69) is 35.3 Å². The van der Waals surface area contributed by atoms with Gasteiger partial charge in [0.1, 0.15) is 5.01 Å². The van der Waals surface area contributed by atoms with Crippen molar-refractivity contribution in [2.24, 2.45) is 0 Å². The highest BCUT2D eigenvalue weighted by Gasteiger charge is 2.10. The summed E-state index contributed by atoms with van der Waals surface area (Å²) in [5, 5.41) is 5.17. The molecular formula is C17H15NO2S. The minimum atomic E-state index is -0.225. The predicted octanol–water partition coefficient (Wildman–Crippen LogP) is 4.07. The number of esters is 1. The summed E-state index contributed by atoms with van der Waals surface area (Å²) in [5.74, 6) is -0.225. The van der Waals surface area contributed by atoms with E-state index < -0.39 is 0 Å². The third-order valence-electron chi connectivity index (χ3n) is 3.20. The number of benzene rings is 2. The summed E-state index contributed by atoms with van der Waals surface area (Å²) in [4.78, 5) is 16.0. The summed E-state index contributed by atoms with van der Waals surface area (Å²) in [6.45, 7) is 2.21. The number of ether oxygens (including phenoxy) is 1. The number of fused-ring (bicyclic) bond motifs is 1. The van der Waals surface area contributed by atoms with Gasteiger partial charge in [-0.15, -0.1) is 11.3 Å². The van der Waals surface area contributed by atoms with Crippen molar-refractivity contribution in [3.05, 3.63) is 52.9 Å². The molecule has 0 fully saturated rings. The predicted molar refractivity (Wildman–Crippen MR) is 85.4 cm³/mol. The van der Waals surface area contributed by atoms with Gasteiger partial charge in [0.15, 0.2) is 0 Å². The Morgan fingerprint density at radius 1 is 1.19 bits per heavy atom. The van der Waals surface area contributed by atoms with Crippen molar-refractivity contribution in [2.75, 3.05) is 6.61 Å². The number of nitrogens with zero attached hydrogens (tertiary/aromatic N) is 1. The highest BCUT2D eigenvalue weighted by molar-refractivity contribution is 7.10. The Bertz CT molecular complexity index is 779. The zero-order chi connectivity index (χ0) is 14.7. The van der Waals surface area contributed by atoms with Crippen molar-refractivity contribution in [3.8, 4) is 11.3 Å². The summed E-state index contributed by atoms with van der Waals surface area (Å²) < 4.78 is 4.95. The van der Waals surface area contributed by atoms with Crippen LogP contribution < -0.4 is 0 Å². The Morgan fingerprint density at radius 2 is 2.00 bits per heavy atom. The fourth-order valence-electron chi connectivity index (χ4n) is 2.21. The van der Waals surface area contributed by atoms with E-state index in [9.17, 15) is 4.79 Å². The van der Waals surface area contributed by atoms with Crippen LogP contribution in [0.1, 0.15) is 11.9 Å². The highest BCUT2D eigenvalue weighted by atomic mass is 32.1. The molecule has 3 rings (SSSR count). The van der Waals surface area contributed by atoms with Gasteiger partial charge in [-0.2, -0.15) is 0 Å². The number of thiazole rings is 1. The summed E-state index contributed by atoms with van der Waals surface area (Å²) >= 11 is 1.49. The van der Waals surface area contributed by atoms with Gasteiger partial charge in [-0.05, 0) is 23.8 Å². The van der Waals surface area contributed by atoms with E-state index in [0.29, 0.717) is 6.61 Å². The van der Waals surface area contributed by atoms with Crippen molar-refractivity contribution in [1.82, 2.24) is 4.98 Å². The normalized spacial score (nSPS) is 10.7. The van der Waals surface area contributed by atoms with Gasteiger partial charge >= 0.3 is 5.97 Å². The molecule has 0 radical (unpaired) electrons. The van der Waals surface area contributed by atoms with Crippen LogP contribution in [-0.4, -0.2) is 17.6 Å². The number of hydrogen-bond acceptors (Lipinski definition) is 4. The van der Waals surface area contributed by atoms with E-state index in [4.69, 9.17) is 4.74 Å². The van der Waals surface area contributed by atoms with Crippen LogP contribution in [0.2, 0.25) is 0 Å². The molecule has 1 heterocycles. The lowest BCUT2D eigenvalue weighted by molar-refractivity contribution is -0.142. The van der Waals surface area contributed by atoms with Crippen LogP contribution in [0.5, 0.6) is 0 Å². The molecule has 3 nitrogen and oxygen atoms in total. The summed E-state index contributed by atoms with van der Waals surface area (Å²) in [5.41, 5.74) is 1.98. The fraction of sp³-hybridized carbons (Fsp3) is 0.176. The van der Waals surface area contributed by atoms with Gasteiger partial charge in [-0.3, -0.25) is 4.79 Å². The third-order valence-corrected chi connectivity index (χ3v) is 4.05. The fourth-order valence-corrected chi connectivity index (χ4v) is 3.00. The molecule has 2 aromatic carbocycles. The van der Waals surface area contributed by atoms with Crippen LogP contribution >= 0.6 is 11.3 Å². The van der Waals surface area contributed by atoms with Gasteiger partial charge in [0.05, 0.1) is 18.7 Å². The first kappa shape index (κ1) is 13.8. The van der Waals surface area contributed by atoms with Gasteiger partial charge in [0, 0.05) is 10.9 Å². The monoisotopic (exact) mass is 297 g/mol. The molecule has 4 heteroatoms. The van der Waals surface area contributed by atoms with E-state index in [0.717, 1.165) is 16.3 Å². The first-order valence-electron chi connectivity index (χ1n) is 6.85. The average molecular weight is 297 g/mol. The van der Waals surface area contributed by atoms with Gasteiger partial charge in [-0.25, -0.2) is 4.98 Å². The van der Waals surface area contributed by atoms with E-state index >= 15 is 0 Å². The molecular weight excluding hydrogens is 282 g/mol. The van der Waals surface area contributed by atoms with Crippen molar-refractivity contribution >= 4 is 28.1 Å².